The van der Waals surface area contributed by atoms with Crippen molar-refractivity contribution in [3.63, 3.8) is 0 Å². The maximum atomic E-state index is 13.4. The number of fused-ring (bicyclic) bond motifs is 5. The molecule has 0 radical (unpaired) electrons. The van der Waals surface area contributed by atoms with Crippen molar-refractivity contribution < 1.29 is 22.0 Å². The van der Waals surface area contributed by atoms with E-state index in [-0.39, 0.29) is 10.5 Å². The van der Waals surface area contributed by atoms with Crippen LogP contribution in [0.1, 0.15) is 42.8 Å². The van der Waals surface area contributed by atoms with Gasteiger partial charge in [-0.2, -0.15) is 4.57 Å². The molecular formula is C40H37N3O5S3. The van der Waals surface area contributed by atoms with E-state index in [1.54, 1.807) is 23.9 Å². The van der Waals surface area contributed by atoms with Crippen molar-refractivity contribution in [1.82, 2.24) is 9.47 Å². The highest BCUT2D eigenvalue weighted by Crippen LogP contribution is 2.50. The van der Waals surface area contributed by atoms with Gasteiger partial charge in [0.05, 0.1) is 25.9 Å². The summed E-state index contributed by atoms with van der Waals surface area (Å²) >= 11 is 3.32. The molecule has 6 aromatic rings. The maximum Gasteiger partial charge on any atom is 0.377 e. The van der Waals surface area contributed by atoms with Crippen LogP contribution in [0, 0.1) is 6.92 Å². The smallest absolute Gasteiger partial charge is 0.377 e. The van der Waals surface area contributed by atoms with E-state index >= 15 is 0 Å². The second-order valence-electron chi connectivity index (χ2n) is 12.3. The Morgan fingerprint density at radius 2 is 1.69 bits per heavy atom. The number of hydrogen-bond donors (Lipinski definition) is 0. The van der Waals surface area contributed by atoms with Crippen LogP contribution in [0.25, 0.3) is 38.9 Å². The Morgan fingerprint density at radius 3 is 2.43 bits per heavy atom. The molecule has 2 aliphatic rings. The summed E-state index contributed by atoms with van der Waals surface area (Å²) in [6, 6.07) is 27.0. The van der Waals surface area contributed by atoms with Gasteiger partial charge in [-0.1, -0.05) is 78.0 Å². The van der Waals surface area contributed by atoms with Crippen LogP contribution < -0.4 is 19.3 Å². The van der Waals surface area contributed by atoms with E-state index in [1.807, 2.05) is 36.6 Å². The molecule has 0 amide bonds. The normalized spacial score (nSPS) is 15.9. The fraction of sp³-hybridized carbons (Fsp3) is 0.200. The maximum absolute atomic E-state index is 13.4. The summed E-state index contributed by atoms with van der Waals surface area (Å²) in [5, 5.41) is 3.50. The van der Waals surface area contributed by atoms with Crippen molar-refractivity contribution in [2.45, 2.75) is 51.6 Å². The van der Waals surface area contributed by atoms with Crippen LogP contribution in [0.4, 0.5) is 0 Å². The number of allylic oxidation sites excluding steroid dienone is 2. The zero-order valence-corrected chi connectivity index (χ0v) is 31.2. The van der Waals surface area contributed by atoms with Gasteiger partial charge in [-0.25, -0.2) is 8.42 Å². The van der Waals surface area contributed by atoms with Crippen LogP contribution in [-0.2, 0) is 29.6 Å². The molecule has 0 atom stereocenters. The molecule has 0 N–H and O–H groups in total. The summed E-state index contributed by atoms with van der Waals surface area (Å²) in [6.07, 6.45) is 8.21. The molecule has 8 nitrogen and oxygen atoms in total. The summed E-state index contributed by atoms with van der Waals surface area (Å²) in [6.45, 7) is 7.33. The number of nitrogens with zero attached hydrogens (tertiary/aromatic N) is 3. The Bertz CT molecular complexity index is 2670. The molecule has 0 saturated carbocycles. The van der Waals surface area contributed by atoms with Crippen molar-refractivity contribution in [1.29, 1.82) is 0 Å². The van der Waals surface area contributed by atoms with Gasteiger partial charge in [0.15, 0.2) is 0 Å². The van der Waals surface area contributed by atoms with Crippen LogP contribution >= 0.6 is 23.1 Å². The first-order chi connectivity index (χ1) is 24.6. The average molecular weight is 736 g/mol. The van der Waals surface area contributed by atoms with E-state index in [2.05, 4.69) is 84.1 Å². The van der Waals surface area contributed by atoms with Crippen molar-refractivity contribution in [3.8, 4) is 0 Å². The lowest BCUT2D eigenvalue weighted by Gasteiger charge is -2.21. The van der Waals surface area contributed by atoms with E-state index in [0.717, 1.165) is 56.2 Å². The lowest BCUT2D eigenvalue weighted by Crippen LogP contribution is -2.35. The molecule has 0 fully saturated rings. The Morgan fingerprint density at radius 1 is 0.941 bits per heavy atom. The monoisotopic (exact) mass is 735 g/mol. The first kappa shape index (κ1) is 34.8. The van der Waals surface area contributed by atoms with Crippen LogP contribution in [0.3, 0.4) is 0 Å². The summed E-state index contributed by atoms with van der Waals surface area (Å²) < 4.78 is 43.2. The molecule has 51 heavy (non-hydrogen) atoms. The minimum atomic E-state index is -4.27. The standard InChI is InChI=1S/C33H30N3O2S2.C7H8O3S/c1-4-35-28(38-26-17-15-21-10-6-8-12-23(21)31(26)35)20-30-36(5-2)33(37)27(39-30)18-19-29-34(3)25-16-14-22-11-7-9-13-24(22)32(25)40-29;1-6-2-4-7(5-3-6)11(8,9)10/h6-13,15,17-20H,4-5,14,16H2,1-3H3;2-5H,1H3,(H,8,9,10)/q+1;/p-1/b27-18-,29-19-;. The average Bonchev–Trinajstić information content (AvgIpc) is 3.76. The zero-order chi connectivity index (χ0) is 35.9. The molecule has 260 valence electrons. The Balaban J connectivity index is 0.000000318. The van der Waals surface area contributed by atoms with Crippen LogP contribution in [0.15, 0.2) is 116 Å². The van der Waals surface area contributed by atoms with Gasteiger partial charge in [-0.15, -0.1) is 11.3 Å². The molecule has 4 aromatic carbocycles. The summed E-state index contributed by atoms with van der Waals surface area (Å²) in [5.41, 5.74) is 7.03. The van der Waals surface area contributed by atoms with Gasteiger partial charge >= 0.3 is 5.89 Å². The summed E-state index contributed by atoms with van der Waals surface area (Å²) in [5.74, 6) is 0.754. The first-order valence-corrected chi connectivity index (χ1v) is 19.8. The van der Waals surface area contributed by atoms with E-state index in [1.165, 1.54) is 56.0 Å². The number of aryl methyl sites for hydroxylation is 3. The Hall–Kier alpha value is -4.68. The second kappa shape index (κ2) is 14.1. The van der Waals surface area contributed by atoms with Crippen molar-refractivity contribution in [2.75, 3.05) is 7.05 Å². The minimum absolute atomic E-state index is 0.0360. The highest BCUT2D eigenvalue weighted by Gasteiger charge is 2.30. The summed E-state index contributed by atoms with van der Waals surface area (Å²) in [7, 11) is -2.13. The first-order valence-electron chi connectivity index (χ1n) is 16.8. The molecule has 3 heterocycles. The number of benzene rings is 4. The van der Waals surface area contributed by atoms with Gasteiger partial charge in [-0.3, -0.25) is 9.36 Å². The van der Waals surface area contributed by atoms with Crippen LogP contribution in [0.5, 0.6) is 0 Å². The predicted molar refractivity (Wildman–Crippen MR) is 205 cm³/mol. The number of oxazole rings is 1. The van der Waals surface area contributed by atoms with Gasteiger partial charge in [0, 0.05) is 24.2 Å². The number of rotatable bonds is 5. The zero-order valence-electron chi connectivity index (χ0n) is 28.8. The predicted octanol–water partition coefficient (Wildman–Crippen LogP) is 6.48. The van der Waals surface area contributed by atoms with Gasteiger partial charge in [0.1, 0.15) is 21.3 Å². The van der Waals surface area contributed by atoms with E-state index in [9.17, 15) is 17.8 Å². The van der Waals surface area contributed by atoms with Crippen molar-refractivity contribution >= 4 is 72.1 Å². The van der Waals surface area contributed by atoms with Gasteiger partial charge < -0.3 is 13.9 Å². The Labute approximate surface area is 304 Å². The molecule has 1 aliphatic heterocycles. The number of hydrogen-bond acceptors (Lipinski definition) is 8. The summed E-state index contributed by atoms with van der Waals surface area (Å²) in [4.78, 5) is 16.9. The molecule has 11 heteroatoms. The molecule has 0 spiro atoms. The minimum Gasteiger partial charge on any atom is -0.744 e. The van der Waals surface area contributed by atoms with E-state index in [4.69, 9.17) is 4.42 Å². The molecule has 0 saturated heterocycles. The third kappa shape index (κ3) is 6.74. The third-order valence-electron chi connectivity index (χ3n) is 9.21. The molecule has 2 aromatic heterocycles. The SMILES string of the molecule is CCn1c(=O)/c(=C/C=C2\SC3=C(CCc4ccccc43)N2C)s/c1=C\c1oc2ccc3ccccc3c2[n+]1CC.Cc1ccc(S(=O)(=O)[O-])cc1. The van der Waals surface area contributed by atoms with E-state index < -0.39 is 10.1 Å². The number of thiazole rings is 1. The third-order valence-corrected chi connectivity index (χ3v) is 12.4. The molecule has 1 aliphatic carbocycles. The largest absolute Gasteiger partial charge is 0.744 e. The van der Waals surface area contributed by atoms with Gasteiger partial charge in [-0.05, 0) is 86.5 Å². The highest BCUT2D eigenvalue weighted by atomic mass is 32.2. The van der Waals surface area contributed by atoms with Crippen LogP contribution in [-0.4, -0.2) is 29.5 Å². The Kier molecular flexibility index (Phi) is 9.64. The van der Waals surface area contributed by atoms with Gasteiger partial charge in [0.25, 0.3) is 11.1 Å². The highest BCUT2D eigenvalue weighted by molar-refractivity contribution is 8.12. The lowest BCUT2D eigenvalue weighted by atomic mass is 9.95. The molecule has 0 bridgehead atoms. The fourth-order valence-electron chi connectivity index (χ4n) is 6.58. The lowest BCUT2D eigenvalue weighted by molar-refractivity contribution is -0.673. The fourth-order valence-corrected chi connectivity index (χ4v) is 9.35. The number of aromatic nitrogens is 2. The van der Waals surface area contributed by atoms with E-state index in [0.29, 0.717) is 6.54 Å². The van der Waals surface area contributed by atoms with Crippen molar-refractivity contribution in [2.24, 2.45) is 0 Å². The molecular weight excluding hydrogens is 699 g/mol. The topological polar surface area (TPSA) is 99.5 Å². The molecule has 8 rings (SSSR count). The van der Waals surface area contributed by atoms with Crippen LogP contribution in [0.2, 0.25) is 0 Å². The quantitative estimate of drug-likeness (QED) is 0.148. The molecule has 0 unspecified atom stereocenters. The van der Waals surface area contributed by atoms with Crippen molar-refractivity contribution in [3.05, 3.63) is 144 Å². The van der Waals surface area contributed by atoms with Gasteiger partial charge in [0.2, 0.25) is 5.58 Å². The number of thioether (sulfide) groups is 1. The second-order valence-corrected chi connectivity index (χ2v) is 15.8.